The van der Waals surface area contributed by atoms with E-state index >= 15 is 0 Å². The highest BCUT2D eigenvalue weighted by Crippen LogP contribution is 2.36. The van der Waals surface area contributed by atoms with Crippen LogP contribution in [0.2, 0.25) is 106 Å². The number of hydrogen-bond acceptors (Lipinski definition) is 1. The highest BCUT2D eigenvalue weighted by molar-refractivity contribution is 7.01. The highest BCUT2D eigenvalue weighted by Gasteiger charge is 2.38. The number of nitrogens with one attached hydrogen (secondary N) is 1. The predicted octanol–water partition coefficient (Wildman–Crippen LogP) is 6.54. The first-order chi connectivity index (χ1) is 13.1. The summed E-state index contributed by atoms with van der Waals surface area (Å²) in [7, 11) is -5.10. The molecule has 0 aromatic carbocycles. The van der Waals surface area contributed by atoms with E-state index in [9.17, 15) is 9.18 Å². The monoisotopic (exact) mass is 509 g/mol. The molecule has 0 bridgehead atoms. The molecule has 1 atom stereocenters. The van der Waals surface area contributed by atoms with E-state index in [0.717, 1.165) is 6.42 Å². The van der Waals surface area contributed by atoms with Crippen molar-refractivity contribution in [1.29, 1.82) is 0 Å². The van der Waals surface area contributed by atoms with Crippen molar-refractivity contribution in [3.8, 4) is 0 Å². The number of hydrogen-bond donors (Lipinski definition) is 1. The molecule has 0 heterocycles. The molecule has 0 rings (SSSR count). The van der Waals surface area contributed by atoms with Crippen LogP contribution in [0, 0.1) is 0 Å². The van der Waals surface area contributed by atoms with Gasteiger partial charge in [0.15, 0.2) is 0 Å². The van der Waals surface area contributed by atoms with Crippen LogP contribution >= 0.6 is 0 Å². The van der Waals surface area contributed by atoms with E-state index in [1.165, 1.54) is 11.7 Å². The van der Waals surface area contributed by atoms with E-state index < -0.39 is 56.8 Å². The first-order valence-electron chi connectivity index (χ1n) is 12.0. The standard InChI is InChI=1S/C20H52FNOSi6/c1-24(2)16-28(9,17-25(3)4)14-15-29(10,18-26(5)6)19-27(7,8)13-11-12-22-20(21)23/h24-26H,11-19H2,1-10H3,(H,22,23). The Labute approximate surface area is 190 Å². The minimum atomic E-state index is -1.37. The van der Waals surface area contributed by atoms with Gasteiger partial charge in [0.1, 0.15) is 0 Å². The van der Waals surface area contributed by atoms with Crippen LogP contribution in [0.4, 0.5) is 9.18 Å². The van der Waals surface area contributed by atoms with Crippen molar-refractivity contribution in [2.24, 2.45) is 0 Å². The largest absolute Gasteiger partial charge is 0.397 e. The van der Waals surface area contributed by atoms with Crippen molar-refractivity contribution in [2.45, 2.75) is 113 Å². The molecule has 0 aliphatic heterocycles. The lowest BCUT2D eigenvalue weighted by Crippen LogP contribution is -2.46. The van der Waals surface area contributed by atoms with Gasteiger partial charge in [-0.15, -0.1) is 4.39 Å². The molecule has 0 saturated heterocycles. The van der Waals surface area contributed by atoms with E-state index in [1.807, 2.05) is 0 Å². The fraction of sp³-hybridized carbons (Fsp3) is 0.950. The Balaban J connectivity index is 5.15. The van der Waals surface area contributed by atoms with Gasteiger partial charge in [0, 0.05) is 57.2 Å². The first-order valence-corrected chi connectivity index (χ1v) is 31.0. The minimum Gasteiger partial charge on any atom is -0.328 e. The predicted molar refractivity (Wildman–Crippen MR) is 150 cm³/mol. The third-order valence-electron chi connectivity index (χ3n) is 6.23. The molecule has 0 spiro atoms. The molecule has 0 aromatic heterocycles. The maximum atomic E-state index is 12.4. The number of carbonyl (C=O) groups excluding carboxylic acids is 1. The topological polar surface area (TPSA) is 29.1 Å². The van der Waals surface area contributed by atoms with Gasteiger partial charge in [-0.25, -0.2) is 4.79 Å². The lowest BCUT2D eigenvalue weighted by Gasteiger charge is -2.40. The zero-order valence-electron chi connectivity index (χ0n) is 21.4. The van der Waals surface area contributed by atoms with E-state index in [4.69, 9.17) is 0 Å². The number of rotatable bonds is 15. The molecule has 1 N–H and O–H groups in total. The van der Waals surface area contributed by atoms with E-state index in [2.05, 4.69) is 70.8 Å². The van der Waals surface area contributed by atoms with E-state index in [0.29, 0.717) is 6.54 Å². The maximum Gasteiger partial charge on any atom is 0.397 e. The summed E-state index contributed by atoms with van der Waals surface area (Å²) in [5.41, 5.74) is 6.46. The third-order valence-corrected chi connectivity index (χ3v) is 40.2. The average Bonchev–Trinajstić information content (AvgIpc) is 2.46. The molecule has 0 aromatic rings. The van der Waals surface area contributed by atoms with Crippen LogP contribution in [0.1, 0.15) is 6.42 Å². The van der Waals surface area contributed by atoms with Gasteiger partial charge >= 0.3 is 6.16 Å². The molecule has 0 fully saturated rings. The molecule has 0 radical (unpaired) electrons. The van der Waals surface area contributed by atoms with Gasteiger partial charge in [-0.2, -0.15) is 0 Å². The number of carbonyl (C=O) groups is 1. The second-order valence-corrected chi connectivity index (χ2v) is 40.3. The summed E-state index contributed by atoms with van der Waals surface area (Å²) in [4.78, 5) is 10.5. The summed E-state index contributed by atoms with van der Waals surface area (Å²) in [5, 5.41) is 2.34. The van der Waals surface area contributed by atoms with Gasteiger partial charge in [0.05, 0.1) is 0 Å². The minimum absolute atomic E-state index is 0.487. The summed E-state index contributed by atoms with van der Waals surface area (Å²) < 4.78 is 12.4. The van der Waals surface area contributed by atoms with Gasteiger partial charge < -0.3 is 5.32 Å². The average molecular weight is 510 g/mol. The molecule has 0 aliphatic rings. The van der Waals surface area contributed by atoms with Crippen molar-refractivity contribution in [3.63, 3.8) is 0 Å². The van der Waals surface area contributed by atoms with Gasteiger partial charge in [-0.1, -0.05) is 106 Å². The summed E-state index contributed by atoms with van der Waals surface area (Å²) in [6.07, 6.45) is -0.427. The molecule has 1 unspecified atom stereocenters. The Morgan fingerprint density at radius 2 is 1.17 bits per heavy atom. The molecule has 29 heavy (non-hydrogen) atoms. The van der Waals surface area contributed by atoms with E-state index in [1.54, 1.807) is 29.1 Å². The zero-order valence-corrected chi connectivity index (χ0v) is 27.8. The molecule has 9 heteroatoms. The van der Waals surface area contributed by atoms with Crippen LogP contribution in [0.25, 0.3) is 0 Å². The smallest absolute Gasteiger partial charge is 0.328 e. The SMILES string of the molecule is C[SiH](C)C[Si](C)(CC[Si](C)(C[SiH](C)C)C[Si](C)(C)CCCNC(=O)F)C[SiH](C)C. The van der Waals surface area contributed by atoms with Crippen LogP contribution < -0.4 is 5.32 Å². The fourth-order valence-corrected chi connectivity index (χ4v) is 52.9. The van der Waals surface area contributed by atoms with E-state index in [-0.39, 0.29) is 0 Å². The lowest BCUT2D eigenvalue weighted by molar-refractivity contribution is 0.221. The van der Waals surface area contributed by atoms with Crippen LogP contribution in [0.15, 0.2) is 0 Å². The fourth-order valence-electron chi connectivity index (χ4n) is 6.11. The highest BCUT2D eigenvalue weighted by atomic mass is 28.4. The molecule has 2 nitrogen and oxygen atoms in total. The summed E-state index contributed by atoms with van der Waals surface area (Å²) >= 11 is 0. The normalized spacial score (nSPS) is 15.2. The number of amides is 1. The Morgan fingerprint density at radius 3 is 1.59 bits per heavy atom. The second kappa shape index (κ2) is 13.3. The van der Waals surface area contributed by atoms with Crippen molar-refractivity contribution in [1.82, 2.24) is 5.32 Å². The van der Waals surface area contributed by atoms with Crippen molar-refractivity contribution in [2.75, 3.05) is 6.54 Å². The Kier molecular flexibility index (Phi) is 13.6. The van der Waals surface area contributed by atoms with Crippen LogP contribution in [0.5, 0.6) is 0 Å². The summed E-state index contributed by atoms with van der Waals surface area (Å²) in [5.74, 6) is 0. The quantitative estimate of drug-likeness (QED) is 0.115. The molecule has 1 amide bonds. The van der Waals surface area contributed by atoms with Gasteiger partial charge in [0.25, 0.3) is 0 Å². The van der Waals surface area contributed by atoms with Crippen molar-refractivity contribution < 1.29 is 9.18 Å². The summed E-state index contributed by atoms with van der Waals surface area (Å²) in [6, 6.07) is 4.42. The Hall–Kier alpha value is 0.701. The van der Waals surface area contributed by atoms with Crippen LogP contribution in [-0.4, -0.2) is 63.3 Å². The van der Waals surface area contributed by atoms with Crippen molar-refractivity contribution in [3.05, 3.63) is 0 Å². The molecular formula is C20H52FNOSi6. The van der Waals surface area contributed by atoms with Crippen molar-refractivity contribution >= 4 is 56.8 Å². The molecule has 0 aliphatic carbocycles. The van der Waals surface area contributed by atoms with Crippen LogP contribution in [0.3, 0.4) is 0 Å². The molecule has 174 valence electrons. The number of halogens is 1. The third kappa shape index (κ3) is 15.2. The summed E-state index contributed by atoms with van der Waals surface area (Å²) in [6.45, 7) is 26.5. The maximum absolute atomic E-state index is 12.4. The van der Waals surface area contributed by atoms with Gasteiger partial charge in [0.2, 0.25) is 0 Å². The van der Waals surface area contributed by atoms with Gasteiger partial charge in [-0.3, -0.25) is 0 Å². The molecular weight excluding hydrogens is 458 g/mol. The van der Waals surface area contributed by atoms with Crippen LogP contribution in [-0.2, 0) is 0 Å². The Bertz CT molecular complexity index is 480. The first kappa shape index (κ1) is 29.7. The lowest BCUT2D eigenvalue weighted by atomic mass is 10.5. The van der Waals surface area contributed by atoms with Gasteiger partial charge in [-0.05, 0) is 6.42 Å². The zero-order chi connectivity index (χ0) is 22.9. The Morgan fingerprint density at radius 1 is 0.759 bits per heavy atom. The molecule has 0 saturated carbocycles. The second-order valence-electron chi connectivity index (χ2n) is 12.6.